The van der Waals surface area contributed by atoms with Crippen LogP contribution < -0.4 is 20.7 Å². The van der Waals surface area contributed by atoms with E-state index >= 15 is 0 Å². The molecule has 0 unspecified atom stereocenters. The van der Waals surface area contributed by atoms with Crippen LogP contribution in [-0.2, 0) is 29.3 Å². The van der Waals surface area contributed by atoms with E-state index in [1.165, 1.54) is 29.7 Å². The molecular formula is C30H31ClF3N9O3. The third-order valence-electron chi connectivity index (χ3n) is 7.75. The summed E-state index contributed by atoms with van der Waals surface area (Å²) in [6.07, 6.45) is 2.64. The molecule has 3 N–H and O–H groups in total. The number of carbonyl (C=O) groups excluding carboxylic acids is 1. The summed E-state index contributed by atoms with van der Waals surface area (Å²) in [6, 6.07) is 3.86. The van der Waals surface area contributed by atoms with E-state index in [2.05, 4.69) is 25.3 Å². The number of rotatable bonds is 9. The van der Waals surface area contributed by atoms with E-state index in [-0.39, 0.29) is 45.6 Å². The Hall–Kier alpha value is -4.47. The van der Waals surface area contributed by atoms with Gasteiger partial charge in [0.1, 0.15) is 16.2 Å². The van der Waals surface area contributed by atoms with Gasteiger partial charge in [0.25, 0.3) is 0 Å². The molecule has 0 spiro atoms. The zero-order chi connectivity index (χ0) is 32.6. The first-order valence-electron chi connectivity index (χ1n) is 14.5. The number of halogens is 4. The first kappa shape index (κ1) is 31.5. The van der Waals surface area contributed by atoms with E-state index in [1.54, 1.807) is 24.7 Å². The number of carbonyl (C=O) groups is 1. The minimum Gasteiger partial charge on any atom is -0.450 e. The molecule has 6 rings (SSSR count). The predicted molar refractivity (Wildman–Crippen MR) is 165 cm³/mol. The third-order valence-corrected chi connectivity index (χ3v) is 8.12. The third kappa shape index (κ3) is 6.71. The lowest BCUT2D eigenvalue weighted by molar-refractivity contribution is -0.137. The van der Waals surface area contributed by atoms with Crippen LogP contribution in [0.5, 0.6) is 5.75 Å². The molecule has 0 bridgehead atoms. The van der Waals surface area contributed by atoms with Gasteiger partial charge in [0, 0.05) is 51.5 Å². The van der Waals surface area contributed by atoms with Gasteiger partial charge in [0.15, 0.2) is 23.0 Å². The number of nitrogens with two attached hydrogens (primary N) is 1. The summed E-state index contributed by atoms with van der Waals surface area (Å²) >= 11 is 6.74. The number of hydrogen-bond donors (Lipinski definition) is 2. The maximum Gasteiger partial charge on any atom is 0.416 e. The average molecular weight is 658 g/mol. The summed E-state index contributed by atoms with van der Waals surface area (Å²) in [7, 11) is 3.30. The van der Waals surface area contributed by atoms with Gasteiger partial charge in [-0.25, -0.2) is 15.0 Å². The predicted octanol–water partition coefficient (Wildman–Crippen LogP) is 4.72. The molecule has 4 aromatic rings. The lowest BCUT2D eigenvalue weighted by Gasteiger charge is -2.27. The Bertz CT molecular complexity index is 1790. The molecule has 1 aromatic carbocycles. The monoisotopic (exact) mass is 657 g/mol. The first-order chi connectivity index (χ1) is 22.0. The number of imidazole rings is 1. The number of pyridine rings is 1. The molecule has 1 saturated carbocycles. The molecule has 1 amide bonds. The molecule has 1 saturated heterocycles. The molecule has 1 aliphatic heterocycles. The number of fused-ring (bicyclic) bond motifs is 1. The van der Waals surface area contributed by atoms with Gasteiger partial charge >= 0.3 is 6.18 Å². The van der Waals surface area contributed by atoms with Crippen molar-refractivity contribution in [3.63, 3.8) is 0 Å². The SMILES string of the molecule is CN(C(=O)C1CC1)c1cnc(C(=CN)Oc2cnc3nc(Nc4cc(CN5CCOCC5)cc(C(F)(F)F)c4)n(C)c3c2Cl)cn1. The van der Waals surface area contributed by atoms with Crippen molar-refractivity contribution in [3.05, 3.63) is 64.8 Å². The van der Waals surface area contributed by atoms with Crippen molar-refractivity contribution in [2.45, 2.75) is 25.6 Å². The second-order valence-corrected chi connectivity index (χ2v) is 11.5. The molecule has 4 heterocycles. The number of anilines is 3. The molecular weight excluding hydrogens is 627 g/mol. The second-order valence-electron chi connectivity index (χ2n) is 11.1. The summed E-state index contributed by atoms with van der Waals surface area (Å²) in [5, 5.41) is 3.14. The lowest BCUT2D eigenvalue weighted by Crippen LogP contribution is -2.35. The number of alkyl halides is 3. The molecule has 0 atom stereocenters. The van der Waals surface area contributed by atoms with E-state index in [0.717, 1.165) is 25.0 Å². The van der Waals surface area contributed by atoms with Crippen molar-refractivity contribution < 1.29 is 27.4 Å². The molecule has 16 heteroatoms. The largest absolute Gasteiger partial charge is 0.450 e. The molecule has 2 aliphatic rings. The zero-order valence-corrected chi connectivity index (χ0v) is 25.8. The molecule has 0 radical (unpaired) electrons. The Morgan fingerprint density at radius 2 is 1.93 bits per heavy atom. The highest BCUT2D eigenvalue weighted by Crippen LogP contribution is 2.37. The van der Waals surface area contributed by atoms with Gasteiger partial charge in [0.2, 0.25) is 11.9 Å². The quantitative estimate of drug-likeness (QED) is 0.244. The van der Waals surface area contributed by atoms with Gasteiger partial charge in [-0.1, -0.05) is 11.6 Å². The smallest absolute Gasteiger partial charge is 0.416 e. The molecule has 1 aliphatic carbocycles. The van der Waals surface area contributed by atoms with Crippen molar-refractivity contribution in [2.75, 3.05) is 43.6 Å². The fourth-order valence-electron chi connectivity index (χ4n) is 5.09. The Balaban J connectivity index is 1.23. The van der Waals surface area contributed by atoms with Gasteiger partial charge in [-0.05, 0) is 36.6 Å². The number of nitrogens with zero attached hydrogens (tertiary/aromatic N) is 7. The number of benzene rings is 1. The molecule has 242 valence electrons. The minimum absolute atomic E-state index is 0.00873. The van der Waals surface area contributed by atoms with E-state index in [9.17, 15) is 18.0 Å². The Morgan fingerprint density at radius 3 is 2.59 bits per heavy atom. The van der Waals surface area contributed by atoms with Crippen LogP contribution in [0.1, 0.15) is 29.7 Å². The first-order valence-corrected chi connectivity index (χ1v) is 14.9. The van der Waals surface area contributed by atoms with Crippen molar-refractivity contribution in [3.8, 4) is 5.75 Å². The lowest BCUT2D eigenvalue weighted by atomic mass is 10.1. The fraction of sp³-hybridized carbons (Fsp3) is 0.367. The maximum atomic E-state index is 13.8. The molecule has 2 fully saturated rings. The van der Waals surface area contributed by atoms with Gasteiger partial charge in [-0.3, -0.25) is 14.6 Å². The molecule has 46 heavy (non-hydrogen) atoms. The van der Waals surface area contributed by atoms with Crippen LogP contribution in [0.25, 0.3) is 16.9 Å². The molecule has 3 aromatic heterocycles. The average Bonchev–Trinajstić information content (AvgIpc) is 3.84. The molecule has 12 nitrogen and oxygen atoms in total. The number of aromatic nitrogens is 5. The maximum absolute atomic E-state index is 13.8. The van der Waals surface area contributed by atoms with E-state index in [0.29, 0.717) is 55.4 Å². The summed E-state index contributed by atoms with van der Waals surface area (Å²) < 4.78 is 54.4. The Kier molecular flexibility index (Phi) is 8.72. The summed E-state index contributed by atoms with van der Waals surface area (Å²) in [6.45, 7) is 2.68. The van der Waals surface area contributed by atoms with Crippen LogP contribution in [0.2, 0.25) is 5.02 Å². The highest BCUT2D eigenvalue weighted by Gasteiger charge is 2.33. The number of hydrogen-bond acceptors (Lipinski definition) is 10. The highest BCUT2D eigenvalue weighted by molar-refractivity contribution is 6.36. The van der Waals surface area contributed by atoms with Gasteiger partial charge < -0.3 is 25.1 Å². The fourth-order valence-corrected chi connectivity index (χ4v) is 5.39. The topological polar surface area (TPSA) is 137 Å². The van der Waals surface area contributed by atoms with Crippen molar-refractivity contribution in [1.82, 2.24) is 29.4 Å². The van der Waals surface area contributed by atoms with Crippen LogP contribution in [-0.4, -0.2) is 68.7 Å². The van der Waals surface area contributed by atoms with Crippen LogP contribution in [0, 0.1) is 5.92 Å². The van der Waals surface area contributed by atoms with Gasteiger partial charge in [0.05, 0.1) is 37.4 Å². The number of amides is 1. The van der Waals surface area contributed by atoms with Crippen molar-refractivity contribution in [1.29, 1.82) is 0 Å². The number of ether oxygens (including phenoxy) is 2. The highest BCUT2D eigenvalue weighted by atomic mass is 35.5. The van der Waals surface area contributed by atoms with Crippen molar-refractivity contribution >= 4 is 51.9 Å². The van der Waals surface area contributed by atoms with E-state index in [1.807, 2.05) is 4.90 Å². The van der Waals surface area contributed by atoms with Crippen LogP contribution in [0.3, 0.4) is 0 Å². The minimum atomic E-state index is -4.54. The standard InChI is InChI=1S/C30H31ClF3N9O3/c1-41(28(44)18-3-4-18)24-15-36-21(13-37-24)22(12-35)46-23-14-38-27-26(25(23)31)42(2)29(40-27)39-20-10-17(9-19(11-20)30(32,33)34)16-43-5-7-45-8-6-43/h9-15,18H,3-8,16,35H2,1-2H3,(H,38,39,40). The van der Waals surface area contributed by atoms with Crippen LogP contribution >= 0.6 is 11.6 Å². The van der Waals surface area contributed by atoms with Crippen LogP contribution in [0.4, 0.5) is 30.6 Å². The zero-order valence-electron chi connectivity index (χ0n) is 25.0. The second kappa shape index (κ2) is 12.7. The van der Waals surface area contributed by atoms with Crippen LogP contribution in [0.15, 0.2) is 43.0 Å². The Labute approximate surface area is 267 Å². The summed E-state index contributed by atoms with van der Waals surface area (Å²) in [4.78, 5) is 33.4. The normalized spacial score (nSPS) is 16.1. The summed E-state index contributed by atoms with van der Waals surface area (Å²) in [5.74, 6) is 0.908. The van der Waals surface area contributed by atoms with Gasteiger partial charge in [-0.15, -0.1) is 0 Å². The number of nitrogens with one attached hydrogen (secondary N) is 1. The van der Waals surface area contributed by atoms with Gasteiger partial charge in [-0.2, -0.15) is 18.2 Å². The Morgan fingerprint density at radius 1 is 1.17 bits per heavy atom. The van der Waals surface area contributed by atoms with E-state index in [4.69, 9.17) is 26.8 Å². The number of morpholine rings is 1. The van der Waals surface area contributed by atoms with Crippen molar-refractivity contribution in [2.24, 2.45) is 18.7 Å². The number of aryl methyl sites for hydroxylation is 1. The summed E-state index contributed by atoms with van der Waals surface area (Å²) in [5.41, 5.74) is 6.70. The van der Waals surface area contributed by atoms with E-state index < -0.39 is 11.7 Å².